The molecule has 0 saturated carbocycles. The maximum atomic E-state index is 5.76. The Kier molecular flexibility index (Phi) is 5.82. The van der Waals surface area contributed by atoms with Crippen LogP contribution in [-0.4, -0.2) is 40.8 Å². The minimum atomic E-state index is -1.35. The number of hydrogen-bond donors (Lipinski definition) is 0. The predicted molar refractivity (Wildman–Crippen MR) is 63.7 cm³/mol. The lowest BCUT2D eigenvalue weighted by molar-refractivity contribution is 0.114. The third-order valence-corrected chi connectivity index (χ3v) is 5.19. The maximum Gasteiger partial charge on any atom is 0.186 e. The van der Waals surface area contributed by atoms with Gasteiger partial charge in [-0.3, -0.25) is 0 Å². The van der Waals surface area contributed by atoms with Crippen LogP contribution in [0.3, 0.4) is 0 Å². The average Bonchev–Trinajstić information content (AvgIpc) is 2.94. The van der Waals surface area contributed by atoms with Gasteiger partial charge in [-0.15, -0.1) is 0 Å². The number of unbranched alkanes of at least 4 members (excludes halogenated alkanes) is 1. The van der Waals surface area contributed by atoms with Gasteiger partial charge in [0.2, 0.25) is 0 Å². The van der Waals surface area contributed by atoms with Crippen molar-refractivity contribution in [2.24, 2.45) is 0 Å². The van der Waals surface area contributed by atoms with Crippen molar-refractivity contribution in [2.75, 3.05) is 26.4 Å². The minimum Gasteiger partial charge on any atom is -0.418 e. The lowest BCUT2D eigenvalue weighted by Crippen LogP contribution is -2.29. The first-order valence-electron chi connectivity index (χ1n) is 5.97. The first-order chi connectivity index (χ1) is 7.14. The van der Waals surface area contributed by atoms with Gasteiger partial charge in [0.05, 0.1) is 13.2 Å². The molecule has 3 nitrogen and oxygen atoms in total. The number of rotatable bonds is 9. The van der Waals surface area contributed by atoms with Crippen LogP contribution < -0.4 is 0 Å². The van der Waals surface area contributed by atoms with E-state index < -0.39 is 8.32 Å². The molecule has 0 bridgehead atoms. The molecule has 0 aromatic rings. The van der Waals surface area contributed by atoms with Gasteiger partial charge in [0.1, 0.15) is 6.10 Å². The highest BCUT2D eigenvalue weighted by atomic mass is 28.4. The number of epoxide rings is 1. The molecule has 0 aromatic heterocycles. The minimum absolute atomic E-state index is 0.402. The molecule has 0 aromatic carbocycles. The summed E-state index contributed by atoms with van der Waals surface area (Å²) in [6.45, 7) is 10.1. The van der Waals surface area contributed by atoms with Gasteiger partial charge in [0.15, 0.2) is 8.32 Å². The molecule has 1 rings (SSSR count). The van der Waals surface area contributed by atoms with Crippen molar-refractivity contribution < 1.29 is 13.9 Å². The predicted octanol–water partition coefficient (Wildman–Crippen LogP) is 2.42. The summed E-state index contributed by atoms with van der Waals surface area (Å²) >= 11 is 0. The number of hydrogen-bond acceptors (Lipinski definition) is 3. The Morgan fingerprint density at radius 1 is 1.33 bits per heavy atom. The van der Waals surface area contributed by atoms with E-state index in [1.807, 2.05) is 0 Å². The van der Waals surface area contributed by atoms with Crippen molar-refractivity contribution in [3.05, 3.63) is 0 Å². The highest BCUT2D eigenvalue weighted by Crippen LogP contribution is 2.15. The van der Waals surface area contributed by atoms with Crippen molar-refractivity contribution in [1.29, 1.82) is 0 Å². The van der Waals surface area contributed by atoms with Crippen molar-refractivity contribution >= 4 is 8.32 Å². The molecule has 0 N–H and O–H groups in total. The summed E-state index contributed by atoms with van der Waals surface area (Å²) in [5, 5.41) is 0. The van der Waals surface area contributed by atoms with Crippen LogP contribution in [0.25, 0.3) is 0 Å². The summed E-state index contributed by atoms with van der Waals surface area (Å²) in [4.78, 5) is 0. The van der Waals surface area contributed by atoms with Gasteiger partial charge >= 0.3 is 0 Å². The van der Waals surface area contributed by atoms with Crippen LogP contribution in [0, 0.1) is 0 Å². The zero-order valence-corrected chi connectivity index (χ0v) is 11.3. The molecule has 15 heavy (non-hydrogen) atoms. The molecule has 0 radical (unpaired) electrons. The van der Waals surface area contributed by atoms with Gasteiger partial charge in [-0.1, -0.05) is 6.42 Å². The first-order valence-corrected chi connectivity index (χ1v) is 9.09. The molecule has 1 aliphatic heterocycles. The Labute approximate surface area is 94.2 Å². The summed E-state index contributed by atoms with van der Waals surface area (Å²) < 4.78 is 16.3. The van der Waals surface area contributed by atoms with Crippen LogP contribution in [0.1, 0.15) is 19.8 Å². The Morgan fingerprint density at radius 2 is 2.07 bits per heavy atom. The summed E-state index contributed by atoms with van der Waals surface area (Å²) in [7, 11) is -1.35. The highest BCUT2D eigenvalue weighted by molar-refractivity contribution is 6.71. The second-order valence-corrected chi connectivity index (χ2v) is 8.99. The largest absolute Gasteiger partial charge is 0.418 e. The summed E-state index contributed by atoms with van der Waals surface area (Å²) in [6, 6.07) is 1.24. The monoisotopic (exact) mass is 232 g/mol. The second-order valence-electron chi connectivity index (χ2n) is 4.68. The topological polar surface area (TPSA) is 31.0 Å². The smallest absolute Gasteiger partial charge is 0.186 e. The lowest BCUT2D eigenvalue weighted by atomic mass is 10.3. The van der Waals surface area contributed by atoms with E-state index in [1.165, 1.54) is 12.5 Å². The molecule has 90 valence electrons. The second kappa shape index (κ2) is 6.63. The fourth-order valence-electron chi connectivity index (χ4n) is 1.60. The molecule has 1 atom stereocenters. The molecule has 1 heterocycles. The van der Waals surface area contributed by atoms with Crippen LogP contribution in [0.2, 0.25) is 19.1 Å². The standard InChI is InChI=1S/C11H24O3Si/c1-4-14-15(2,3)8-6-5-7-12-9-11-10-13-11/h11H,4-10H2,1-3H3. The summed E-state index contributed by atoms with van der Waals surface area (Å²) in [6.07, 6.45) is 2.78. The van der Waals surface area contributed by atoms with Gasteiger partial charge in [-0.2, -0.15) is 0 Å². The van der Waals surface area contributed by atoms with Crippen molar-refractivity contribution in [3.63, 3.8) is 0 Å². The zero-order chi connectivity index (χ0) is 11.1. The van der Waals surface area contributed by atoms with E-state index in [4.69, 9.17) is 13.9 Å². The van der Waals surface area contributed by atoms with Gasteiger partial charge in [0.25, 0.3) is 0 Å². The van der Waals surface area contributed by atoms with E-state index in [0.717, 1.165) is 32.8 Å². The van der Waals surface area contributed by atoms with Gasteiger partial charge in [-0.05, 0) is 32.5 Å². The van der Waals surface area contributed by atoms with Gasteiger partial charge < -0.3 is 13.9 Å². The van der Waals surface area contributed by atoms with Gasteiger partial charge in [0, 0.05) is 13.2 Å². The van der Waals surface area contributed by atoms with E-state index in [0.29, 0.717) is 6.10 Å². The van der Waals surface area contributed by atoms with E-state index >= 15 is 0 Å². The molecule has 1 saturated heterocycles. The molecule has 1 aliphatic rings. The van der Waals surface area contributed by atoms with Gasteiger partial charge in [-0.25, -0.2) is 0 Å². The summed E-state index contributed by atoms with van der Waals surface area (Å²) in [5.41, 5.74) is 0. The fourth-order valence-corrected chi connectivity index (χ4v) is 3.62. The summed E-state index contributed by atoms with van der Waals surface area (Å²) in [5.74, 6) is 0. The molecule has 0 amide bonds. The number of ether oxygens (including phenoxy) is 2. The van der Waals surface area contributed by atoms with E-state index in [1.54, 1.807) is 0 Å². The normalized spacial score (nSPS) is 20.6. The van der Waals surface area contributed by atoms with Crippen LogP contribution in [0.5, 0.6) is 0 Å². The van der Waals surface area contributed by atoms with Crippen LogP contribution in [0.15, 0.2) is 0 Å². The molecular formula is C11H24O3Si. The lowest BCUT2D eigenvalue weighted by Gasteiger charge is -2.21. The van der Waals surface area contributed by atoms with Crippen LogP contribution >= 0.6 is 0 Å². The molecule has 1 fully saturated rings. The average molecular weight is 232 g/mol. The van der Waals surface area contributed by atoms with E-state index in [9.17, 15) is 0 Å². The SMILES string of the molecule is CCO[Si](C)(C)CCCCOCC1CO1. The highest BCUT2D eigenvalue weighted by Gasteiger charge is 2.22. The van der Waals surface area contributed by atoms with Crippen LogP contribution in [0.4, 0.5) is 0 Å². The quantitative estimate of drug-likeness (QED) is 0.347. The maximum absolute atomic E-state index is 5.76. The van der Waals surface area contributed by atoms with E-state index in [2.05, 4.69) is 20.0 Å². The Bertz CT molecular complexity index is 169. The molecule has 4 heteroatoms. The molecule has 0 aliphatic carbocycles. The third-order valence-electron chi connectivity index (χ3n) is 2.56. The van der Waals surface area contributed by atoms with Crippen molar-refractivity contribution in [2.45, 2.75) is 45.0 Å². The van der Waals surface area contributed by atoms with Crippen molar-refractivity contribution in [3.8, 4) is 0 Å². The molecule has 0 spiro atoms. The molecule has 1 unspecified atom stereocenters. The molecular weight excluding hydrogens is 208 g/mol. The third kappa shape index (κ3) is 7.06. The van der Waals surface area contributed by atoms with Crippen molar-refractivity contribution in [1.82, 2.24) is 0 Å². The first kappa shape index (κ1) is 13.2. The fraction of sp³-hybridized carbons (Fsp3) is 1.00. The Hall–Kier alpha value is 0.0969. The Morgan fingerprint density at radius 3 is 2.67 bits per heavy atom. The Balaban J connectivity index is 1.86. The van der Waals surface area contributed by atoms with E-state index in [-0.39, 0.29) is 0 Å². The zero-order valence-electron chi connectivity index (χ0n) is 10.3. The van der Waals surface area contributed by atoms with Crippen LogP contribution in [-0.2, 0) is 13.9 Å².